The van der Waals surface area contributed by atoms with Crippen LogP contribution >= 0.6 is 11.3 Å². The second kappa shape index (κ2) is 7.26. The molecular formula is C17H18FN3O3S2. The summed E-state index contributed by atoms with van der Waals surface area (Å²) in [5, 5.41) is 4.34. The molecule has 0 aliphatic rings. The maximum absolute atomic E-state index is 13.0. The van der Waals surface area contributed by atoms with Crippen LogP contribution in [-0.4, -0.2) is 18.6 Å². The molecule has 0 saturated heterocycles. The average molecular weight is 395 g/mol. The number of aromatic nitrogens is 2. The van der Waals surface area contributed by atoms with Crippen LogP contribution in [0.25, 0.3) is 0 Å². The summed E-state index contributed by atoms with van der Waals surface area (Å²) in [6, 6.07) is 6.30. The van der Waals surface area contributed by atoms with Crippen LogP contribution in [0.3, 0.4) is 0 Å². The van der Waals surface area contributed by atoms with Crippen molar-refractivity contribution in [3.63, 3.8) is 0 Å². The van der Waals surface area contributed by atoms with Crippen LogP contribution in [0.1, 0.15) is 32.6 Å². The third kappa shape index (κ3) is 4.00. The Morgan fingerprint density at radius 2 is 1.85 bits per heavy atom. The van der Waals surface area contributed by atoms with E-state index in [2.05, 4.69) is 14.9 Å². The first-order valence-electron chi connectivity index (χ1n) is 7.88. The third-order valence-electron chi connectivity index (χ3n) is 3.86. The number of hydrogen-bond donors (Lipinski definition) is 1. The molecule has 0 spiro atoms. The van der Waals surface area contributed by atoms with E-state index in [0.29, 0.717) is 17.1 Å². The summed E-state index contributed by atoms with van der Waals surface area (Å²) in [5.74, 6) is -0.0217. The second-order valence-corrected chi connectivity index (χ2v) is 8.77. The van der Waals surface area contributed by atoms with Gasteiger partial charge in [-0.25, -0.2) is 22.5 Å². The number of nitrogens with one attached hydrogen (secondary N) is 1. The highest BCUT2D eigenvalue weighted by Crippen LogP contribution is 2.23. The lowest BCUT2D eigenvalue weighted by Gasteiger charge is -2.04. The minimum Gasteiger partial charge on any atom is -0.360 e. The van der Waals surface area contributed by atoms with Crippen molar-refractivity contribution in [2.45, 2.75) is 38.6 Å². The molecule has 1 N–H and O–H groups in total. The van der Waals surface area contributed by atoms with Gasteiger partial charge in [0.05, 0.1) is 12.2 Å². The van der Waals surface area contributed by atoms with E-state index in [-0.39, 0.29) is 23.0 Å². The smallest absolute Gasteiger partial charge is 0.246 e. The molecule has 2 aromatic heterocycles. The predicted octanol–water partition coefficient (Wildman–Crippen LogP) is 3.26. The van der Waals surface area contributed by atoms with Crippen LogP contribution in [0.4, 0.5) is 4.39 Å². The summed E-state index contributed by atoms with van der Waals surface area (Å²) in [7, 11) is -3.72. The van der Waals surface area contributed by atoms with Crippen molar-refractivity contribution in [3.8, 4) is 0 Å². The van der Waals surface area contributed by atoms with Crippen molar-refractivity contribution < 1.29 is 17.3 Å². The number of benzene rings is 1. The number of nitrogens with zero attached hydrogens (tertiary/aromatic N) is 2. The molecule has 0 aliphatic carbocycles. The van der Waals surface area contributed by atoms with E-state index in [4.69, 9.17) is 4.52 Å². The summed E-state index contributed by atoms with van der Waals surface area (Å²) in [5.41, 5.74) is 2.13. The van der Waals surface area contributed by atoms with Gasteiger partial charge in [0, 0.05) is 11.3 Å². The number of hydrogen-bond acceptors (Lipinski definition) is 6. The summed E-state index contributed by atoms with van der Waals surface area (Å²) in [6.07, 6.45) is 0.625. The molecule has 2 heterocycles. The van der Waals surface area contributed by atoms with Gasteiger partial charge in [-0.05, 0) is 38.5 Å². The van der Waals surface area contributed by atoms with Crippen LogP contribution < -0.4 is 4.72 Å². The Morgan fingerprint density at radius 3 is 2.46 bits per heavy atom. The summed E-state index contributed by atoms with van der Waals surface area (Å²) >= 11 is 1.43. The van der Waals surface area contributed by atoms with E-state index in [1.165, 1.54) is 23.5 Å². The molecule has 0 bridgehead atoms. The Hall–Kier alpha value is -2.10. The van der Waals surface area contributed by atoms with Crippen molar-refractivity contribution in [3.05, 3.63) is 62.7 Å². The van der Waals surface area contributed by atoms with Crippen LogP contribution in [0.2, 0.25) is 0 Å². The lowest BCUT2D eigenvalue weighted by atomic mass is 10.1. The normalized spacial score (nSPS) is 11.8. The zero-order valence-electron chi connectivity index (χ0n) is 14.5. The highest BCUT2D eigenvalue weighted by molar-refractivity contribution is 7.89. The summed E-state index contributed by atoms with van der Waals surface area (Å²) in [4.78, 5) is 5.52. The lowest BCUT2D eigenvalue weighted by molar-refractivity contribution is 0.390. The van der Waals surface area contributed by atoms with E-state index in [0.717, 1.165) is 16.1 Å². The van der Waals surface area contributed by atoms with Crippen LogP contribution in [0, 0.1) is 26.6 Å². The molecule has 26 heavy (non-hydrogen) atoms. The summed E-state index contributed by atoms with van der Waals surface area (Å²) in [6.45, 7) is 5.10. The fourth-order valence-corrected chi connectivity index (χ4v) is 5.05. The van der Waals surface area contributed by atoms with E-state index >= 15 is 0 Å². The van der Waals surface area contributed by atoms with Crippen molar-refractivity contribution in [1.29, 1.82) is 0 Å². The highest BCUT2D eigenvalue weighted by Gasteiger charge is 2.24. The molecule has 0 atom stereocenters. The van der Waals surface area contributed by atoms with Crippen LogP contribution in [0.15, 0.2) is 33.7 Å². The molecule has 1 aromatic carbocycles. The van der Waals surface area contributed by atoms with Gasteiger partial charge in [0.15, 0.2) is 5.76 Å². The second-order valence-electron chi connectivity index (χ2n) is 5.90. The molecule has 0 unspecified atom stereocenters. The van der Waals surface area contributed by atoms with Crippen molar-refractivity contribution in [2.75, 3.05) is 0 Å². The standard InChI is InChI=1S/C17H18FN3O3S2/c1-10-15(8-13-4-6-14(18)7-5-13)25-16(20-10)9-19-26(22,23)17-11(2)21-24-12(17)3/h4-7,19H,8-9H2,1-3H3. The van der Waals surface area contributed by atoms with Gasteiger partial charge in [0.1, 0.15) is 21.4 Å². The fourth-order valence-electron chi connectivity index (χ4n) is 2.60. The van der Waals surface area contributed by atoms with Crippen LogP contribution in [-0.2, 0) is 23.0 Å². The molecule has 0 saturated carbocycles. The van der Waals surface area contributed by atoms with Gasteiger partial charge in [-0.2, -0.15) is 0 Å². The van der Waals surface area contributed by atoms with E-state index in [1.807, 2.05) is 6.92 Å². The van der Waals surface area contributed by atoms with Gasteiger partial charge in [-0.3, -0.25) is 0 Å². The Bertz CT molecular complexity index is 1000. The first kappa shape index (κ1) is 18.7. The van der Waals surface area contributed by atoms with Crippen molar-refractivity contribution in [1.82, 2.24) is 14.9 Å². The van der Waals surface area contributed by atoms with Crippen LogP contribution in [0.5, 0.6) is 0 Å². The molecule has 138 valence electrons. The molecule has 0 radical (unpaired) electrons. The minimum atomic E-state index is -3.72. The van der Waals surface area contributed by atoms with Crippen molar-refractivity contribution >= 4 is 21.4 Å². The Morgan fingerprint density at radius 1 is 1.15 bits per heavy atom. The molecule has 9 heteroatoms. The van der Waals surface area contributed by atoms with E-state index in [9.17, 15) is 12.8 Å². The predicted molar refractivity (Wildman–Crippen MR) is 96.1 cm³/mol. The zero-order chi connectivity index (χ0) is 18.9. The van der Waals surface area contributed by atoms with Gasteiger partial charge in [0.2, 0.25) is 10.0 Å². The molecule has 0 aliphatic heterocycles. The Kier molecular flexibility index (Phi) is 5.22. The monoisotopic (exact) mass is 395 g/mol. The van der Waals surface area contributed by atoms with Gasteiger partial charge in [-0.1, -0.05) is 17.3 Å². The van der Waals surface area contributed by atoms with E-state index < -0.39 is 10.0 Å². The fraction of sp³-hybridized carbons (Fsp3) is 0.294. The molecule has 6 nitrogen and oxygen atoms in total. The first-order chi connectivity index (χ1) is 12.3. The van der Waals surface area contributed by atoms with Gasteiger partial charge in [0.25, 0.3) is 0 Å². The molecule has 3 aromatic rings. The lowest BCUT2D eigenvalue weighted by Crippen LogP contribution is -2.24. The SMILES string of the molecule is Cc1nc(CNS(=O)(=O)c2c(C)noc2C)sc1Cc1ccc(F)cc1. The number of thiazole rings is 1. The van der Waals surface area contributed by atoms with Gasteiger partial charge >= 0.3 is 0 Å². The average Bonchev–Trinajstić information content (AvgIpc) is 3.10. The topological polar surface area (TPSA) is 85.1 Å². The third-order valence-corrected chi connectivity index (χ3v) is 6.67. The van der Waals surface area contributed by atoms with E-state index in [1.54, 1.807) is 26.0 Å². The number of halogens is 1. The minimum absolute atomic E-state index is 0.0670. The Balaban J connectivity index is 1.72. The van der Waals surface area contributed by atoms with Gasteiger partial charge in [-0.15, -0.1) is 11.3 Å². The van der Waals surface area contributed by atoms with Crippen molar-refractivity contribution in [2.24, 2.45) is 0 Å². The zero-order valence-corrected chi connectivity index (χ0v) is 16.2. The van der Waals surface area contributed by atoms with Gasteiger partial charge < -0.3 is 4.52 Å². The summed E-state index contributed by atoms with van der Waals surface area (Å²) < 4.78 is 45.4. The molecule has 0 fully saturated rings. The number of aryl methyl sites for hydroxylation is 3. The molecule has 0 amide bonds. The molecule has 3 rings (SSSR count). The number of rotatable bonds is 6. The quantitative estimate of drug-likeness (QED) is 0.692. The largest absolute Gasteiger partial charge is 0.360 e. The molecular weight excluding hydrogens is 377 g/mol. The Labute approximate surface area is 155 Å². The number of sulfonamides is 1. The first-order valence-corrected chi connectivity index (χ1v) is 10.2. The highest BCUT2D eigenvalue weighted by atomic mass is 32.2. The maximum atomic E-state index is 13.0. The maximum Gasteiger partial charge on any atom is 0.246 e.